The number of carbonyl (C=O) groups is 2. The molecule has 17 heavy (non-hydrogen) atoms. The molecule has 94 valence electrons. The van der Waals surface area contributed by atoms with Crippen molar-refractivity contribution in [1.29, 1.82) is 0 Å². The first kappa shape index (κ1) is 16.0. The molecule has 0 aliphatic carbocycles. The van der Waals surface area contributed by atoms with Gasteiger partial charge >= 0.3 is 11.9 Å². The summed E-state index contributed by atoms with van der Waals surface area (Å²) in [7, 11) is 0. The van der Waals surface area contributed by atoms with Crippen LogP contribution in [0.1, 0.15) is 10.4 Å². The molecule has 0 heterocycles. The summed E-state index contributed by atoms with van der Waals surface area (Å²) in [6, 6.07) is 8.25. The number of rotatable bonds is 1. The molecule has 0 bridgehead atoms. The fourth-order valence-corrected chi connectivity index (χ4v) is 0.627. The first-order valence-electron chi connectivity index (χ1n) is 4.00. The Labute approximate surface area is 111 Å². The van der Waals surface area contributed by atoms with Crippen molar-refractivity contribution in [2.75, 3.05) is 0 Å². The van der Waals surface area contributed by atoms with Crippen molar-refractivity contribution in [3.8, 4) is 0 Å². The Hall–Kier alpha value is -1.01. The van der Waals surface area contributed by atoms with Crippen LogP contribution in [0.15, 0.2) is 30.3 Å². The van der Waals surface area contributed by atoms with Gasteiger partial charge in [-0.15, -0.1) is 0 Å². The van der Waals surface area contributed by atoms with E-state index in [1.54, 1.807) is 30.3 Å². The number of alkyl halides is 3. The van der Waals surface area contributed by atoms with Crippen LogP contribution in [0.2, 0.25) is 0 Å². The van der Waals surface area contributed by atoms with Gasteiger partial charge in [0.25, 0.3) is 3.79 Å². The van der Waals surface area contributed by atoms with E-state index in [2.05, 4.69) is 4.89 Å². The highest BCUT2D eigenvalue weighted by Gasteiger charge is 2.29. The van der Waals surface area contributed by atoms with Crippen LogP contribution < -0.4 is 0 Å². The Morgan fingerprint density at radius 1 is 1.12 bits per heavy atom. The summed E-state index contributed by atoms with van der Waals surface area (Å²) in [6.07, 6.45) is 0. The summed E-state index contributed by atoms with van der Waals surface area (Å²) in [5, 5.41) is 15.8. The second-order valence-electron chi connectivity index (χ2n) is 2.55. The minimum atomic E-state index is -2.17. The van der Waals surface area contributed by atoms with Crippen LogP contribution in [0, 0.1) is 0 Å². The predicted molar refractivity (Wildman–Crippen MR) is 62.4 cm³/mol. The van der Waals surface area contributed by atoms with Gasteiger partial charge in [0, 0.05) is 0 Å². The topological polar surface area (TPSA) is 83.8 Å². The molecule has 0 aromatic heterocycles. The van der Waals surface area contributed by atoms with Gasteiger partial charge in [-0.2, -0.15) is 5.26 Å². The summed E-state index contributed by atoms with van der Waals surface area (Å²) in [4.78, 5) is 23.7. The van der Waals surface area contributed by atoms with E-state index in [4.69, 9.17) is 45.2 Å². The molecular weight excluding hydrogens is 294 g/mol. The second kappa shape index (κ2) is 7.34. The molecule has 0 aliphatic rings. The molecule has 0 atom stereocenters. The highest BCUT2D eigenvalue weighted by Crippen LogP contribution is 2.25. The van der Waals surface area contributed by atoms with E-state index >= 15 is 0 Å². The number of halogens is 3. The molecule has 0 saturated carbocycles. The first-order valence-corrected chi connectivity index (χ1v) is 5.13. The average molecular weight is 302 g/mol. The van der Waals surface area contributed by atoms with Gasteiger partial charge in [-0.3, -0.25) is 4.89 Å². The Morgan fingerprint density at radius 3 is 1.82 bits per heavy atom. The Bertz CT molecular complexity index is 374. The highest BCUT2D eigenvalue weighted by atomic mass is 35.6. The minimum absolute atomic E-state index is 0.338. The van der Waals surface area contributed by atoms with E-state index in [9.17, 15) is 9.59 Å². The lowest BCUT2D eigenvalue weighted by Gasteiger charge is -1.99. The number of hydrogen-bond acceptors (Lipinski definition) is 4. The lowest BCUT2D eigenvalue weighted by atomic mass is 10.2. The van der Waals surface area contributed by atoms with Crippen LogP contribution in [0.4, 0.5) is 0 Å². The normalized spacial score (nSPS) is 9.88. The molecule has 2 N–H and O–H groups in total. The Balaban J connectivity index is 0.000000325. The lowest BCUT2D eigenvalue weighted by molar-refractivity contribution is -0.182. The number of aliphatic carboxylic acids is 1. The highest BCUT2D eigenvalue weighted by molar-refractivity contribution is 6.75. The molecule has 0 radical (unpaired) electrons. The van der Waals surface area contributed by atoms with Gasteiger partial charge in [-0.1, -0.05) is 53.0 Å². The second-order valence-corrected chi connectivity index (χ2v) is 4.83. The van der Waals surface area contributed by atoms with Crippen LogP contribution in [-0.2, 0) is 9.68 Å². The van der Waals surface area contributed by atoms with Gasteiger partial charge in [-0.25, -0.2) is 9.59 Å². The van der Waals surface area contributed by atoms with Gasteiger partial charge in [0.15, 0.2) is 0 Å². The van der Waals surface area contributed by atoms with Crippen LogP contribution in [0.25, 0.3) is 0 Å². The van der Waals surface area contributed by atoms with Crippen molar-refractivity contribution in [2.24, 2.45) is 0 Å². The SMILES string of the molecule is O=C(O)C(Cl)(Cl)Cl.O=C(OO)c1ccccc1. The predicted octanol–water partition coefficient (Wildman–Crippen LogP) is 2.76. The number of benzene rings is 1. The largest absolute Gasteiger partial charge is 0.478 e. The van der Waals surface area contributed by atoms with Gasteiger partial charge in [0.05, 0.1) is 5.56 Å². The van der Waals surface area contributed by atoms with Crippen molar-refractivity contribution in [3.63, 3.8) is 0 Å². The molecule has 0 amide bonds. The molecule has 1 aromatic carbocycles. The molecule has 0 saturated heterocycles. The molecule has 1 aromatic rings. The molecule has 1 rings (SSSR count). The summed E-state index contributed by atoms with van der Waals surface area (Å²) < 4.78 is -2.17. The molecule has 0 spiro atoms. The molecular formula is C9H7Cl3O5. The first-order chi connectivity index (χ1) is 7.79. The summed E-state index contributed by atoms with van der Waals surface area (Å²) in [6.45, 7) is 0. The zero-order valence-electron chi connectivity index (χ0n) is 8.14. The van der Waals surface area contributed by atoms with Crippen LogP contribution in [0.3, 0.4) is 0 Å². The quantitative estimate of drug-likeness (QED) is 0.473. The monoisotopic (exact) mass is 300 g/mol. The van der Waals surface area contributed by atoms with Crippen molar-refractivity contribution >= 4 is 46.7 Å². The molecule has 5 nitrogen and oxygen atoms in total. The van der Waals surface area contributed by atoms with Gasteiger partial charge in [0.2, 0.25) is 0 Å². The van der Waals surface area contributed by atoms with Crippen LogP contribution in [0.5, 0.6) is 0 Å². The van der Waals surface area contributed by atoms with E-state index in [0.717, 1.165) is 0 Å². The van der Waals surface area contributed by atoms with E-state index in [-0.39, 0.29) is 0 Å². The van der Waals surface area contributed by atoms with Crippen molar-refractivity contribution in [3.05, 3.63) is 35.9 Å². The van der Waals surface area contributed by atoms with E-state index in [1.165, 1.54) is 0 Å². The molecule has 0 unspecified atom stereocenters. The molecule has 0 aliphatic heterocycles. The zero-order valence-corrected chi connectivity index (χ0v) is 10.4. The van der Waals surface area contributed by atoms with Crippen molar-refractivity contribution in [1.82, 2.24) is 0 Å². The number of carboxylic acids is 1. The standard InChI is InChI=1S/C7H6O3.C2HCl3O2/c8-7(10-9)6-4-2-1-3-5-6;3-2(4,5)1(6)7/h1-5,9H;(H,6,7). The number of carboxylic acid groups (broad SMARTS) is 1. The van der Waals surface area contributed by atoms with Gasteiger partial charge in [0.1, 0.15) is 0 Å². The summed E-state index contributed by atoms with van der Waals surface area (Å²) in [5.41, 5.74) is 0.338. The van der Waals surface area contributed by atoms with Crippen LogP contribution >= 0.6 is 34.8 Å². The molecule has 0 fully saturated rings. The average Bonchev–Trinajstić information content (AvgIpc) is 2.28. The van der Waals surface area contributed by atoms with Crippen molar-refractivity contribution < 1.29 is 24.8 Å². The van der Waals surface area contributed by atoms with E-state index in [1.807, 2.05) is 0 Å². The van der Waals surface area contributed by atoms with Gasteiger partial charge < -0.3 is 5.11 Å². The maximum Gasteiger partial charge on any atom is 0.372 e. The maximum atomic E-state index is 10.5. The minimum Gasteiger partial charge on any atom is -0.478 e. The fraction of sp³-hybridized carbons (Fsp3) is 0.111. The third-order valence-electron chi connectivity index (χ3n) is 1.33. The smallest absolute Gasteiger partial charge is 0.372 e. The van der Waals surface area contributed by atoms with E-state index < -0.39 is 15.7 Å². The molecule has 8 heteroatoms. The Morgan fingerprint density at radius 2 is 1.53 bits per heavy atom. The number of carbonyl (C=O) groups excluding carboxylic acids is 1. The summed E-state index contributed by atoms with van der Waals surface area (Å²) >= 11 is 14.4. The fourth-order valence-electron chi connectivity index (χ4n) is 0.627. The summed E-state index contributed by atoms with van der Waals surface area (Å²) in [5.74, 6) is -2.20. The van der Waals surface area contributed by atoms with Crippen LogP contribution in [-0.4, -0.2) is 26.1 Å². The zero-order chi connectivity index (χ0) is 13.5. The lowest BCUT2D eigenvalue weighted by Crippen LogP contribution is -2.16. The van der Waals surface area contributed by atoms with Gasteiger partial charge in [-0.05, 0) is 12.1 Å². The Kier molecular flexibility index (Phi) is 6.91. The van der Waals surface area contributed by atoms with E-state index in [0.29, 0.717) is 5.56 Å². The third kappa shape index (κ3) is 7.01. The maximum absolute atomic E-state index is 10.5. The number of hydrogen-bond donors (Lipinski definition) is 2. The third-order valence-corrected chi connectivity index (χ3v) is 1.82. The van der Waals surface area contributed by atoms with Crippen molar-refractivity contribution in [2.45, 2.75) is 3.79 Å².